The molecule has 0 saturated carbocycles. The maximum Gasteiger partial charge on any atom is 0.258 e. The normalized spacial score (nSPS) is 11.1. The van der Waals surface area contributed by atoms with Crippen LogP contribution in [0.4, 0.5) is 17.6 Å². The van der Waals surface area contributed by atoms with Gasteiger partial charge in [0.05, 0.1) is 4.90 Å². The molecule has 2 aromatic carbocycles. The van der Waals surface area contributed by atoms with Gasteiger partial charge in [0.2, 0.25) is 11.9 Å². The lowest BCUT2D eigenvalue weighted by molar-refractivity contribution is 0.102. The number of anilines is 3. The molecule has 4 aromatic rings. The average molecular weight is 475 g/mol. The topological polar surface area (TPSA) is 118 Å². The first-order chi connectivity index (χ1) is 16.2. The van der Waals surface area contributed by atoms with Gasteiger partial charge < -0.3 is 4.90 Å². The molecule has 0 atom stereocenters. The third-order valence-corrected chi connectivity index (χ3v) is 6.17. The van der Waals surface area contributed by atoms with Crippen LogP contribution in [0.2, 0.25) is 0 Å². The van der Waals surface area contributed by atoms with Gasteiger partial charge in [-0.15, -0.1) is 0 Å². The van der Waals surface area contributed by atoms with Crippen molar-refractivity contribution in [2.24, 2.45) is 0 Å². The summed E-state index contributed by atoms with van der Waals surface area (Å²) < 4.78 is 23.6. The molecule has 0 fully saturated rings. The Morgan fingerprint density at radius 1 is 0.941 bits per heavy atom. The van der Waals surface area contributed by atoms with Gasteiger partial charge in [0, 0.05) is 30.8 Å². The Labute approximate surface area is 197 Å². The monoisotopic (exact) mass is 474 g/mol. The summed E-state index contributed by atoms with van der Waals surface area (Å²) in [6.07, 6.45) is 2.75. The number of benzene rings is 2. The molecule has 0 unspecified atom stereocenters. The summed E-state index contributed by atoms with van der Waals surface area (Å²) in [6.45, 7) is 1.67. The zero-order valence-corrected chi connectivity index (χ0v) is 19.6. The van der Waals surface area contributed by atoms with Crippen LogP contribution in [0.5, 0.6) is 0 Å². The predicted octanol–water partition coefficient (Wildman–Crippen LogP) is 3.67. The number of pyridine rings is 1. The fourth-order valence-electron chi connectivity index (χ4n) is 3.24. The molecule has 0 aliphatic carbocycles. The van der Waals surface area contributed by atoms with E-state index in [9.17, 15) is 13.2 Å². The van der Waals surface area contributed by atoms with Crippen molar-refractivity contribution in [3.63, 3.8) is 0 Å². The van der Waals surface area contributed by atoms with Crippen LogP contribution in [0.3, 0.4) is 0 Å². The van der Waals surface area contributed by atoms with Gasteiger partial charge in [-0.25, -0.2) is 8.42 Å². The summed E-state index contributed by atoms with van der Waals surface area (Å²) in [6, 6.07) is 19.2. The van der Waals surface area contributed by atoms with E-state index < -0.39 is 15.7 Å². The van der Waals surface area contributed by atoms with E-state index in [0.29, 0.717) is 28.6 Å². The van der Waals surface area contributed by atoms with Gasteiger partial charge in [0.15, 0.2) is 15.7 Å². The van der Waals surface area contributed by atoms with E-state index in [4.69, 9.17) is 0 Å². The summed E-state index contributed by atoms with van der Waals surface area (Å²) in [7, 11) is -1.57. The standard InChI is InChI=1S/C24H22N6O3S/c1-16-15-18(34(3,32)33)12-13-19(16)22(31)28-23-26-21(20-11-7-8-14-25-20)27-24(29-23)30(2)17-9-5-4-6-10-17/h4-15H,1-3H3,(H,26,27,28,29,31). The number of aromatic nitrogens is 4. The Balaban J connectivity index is 1.72. The van der Waals surface area contributed by atoms with Crippen LogP contribution in [0.1, 0.15) is 15.9 Å². The Morgan fingerprint density at radius 2 is 1.68 bits per heavy atom. The molecule has 1 amide bonds. The van der Waals surface area contributed by atoms with Crippen molar-refractivity contribution in [1.29, 1.82) is 0 Å². The van der Waals surface area contributed by atoms with E-state index in [2.05, 4.69) is 25.3 Å². The molecule has 4 rings (SSSR count). The average Bonchev–Trinajstić information content (AvgIpc) is 2.83. The first-order valence-corrected chi connectivity index (χ1v) is 12.2. The highest BCUT2D eigenvalue weighted by molar-refractivity contribution is 7.90. The minimum Gasteiger partial charge on any atom is -0.313 e. The number of hydrogen-bond acceptors (Lipinski definition) is 8. The smallest absolute Gasteiger partial charge is 0.258 e. The second-order valence-corrected chi connectivity index (χ2v) is 9.61. The summed E-state index contributed by atoms with van der Waals surface area (Å²) >= 11 is 0. The summed E-state index contributed by atoms with van der Waals surface area (Å²) in [5, 5.41) is 2.71. The molecular formula is C24H22N6O3S. The van der Waals surface area contributed by atoms with Crippen LogP contribution in [0, 0.1) is 6.92 Å². The summed E-state index contributed by atoms with van der Waals surface area (Å²) in [4.78, 5) is 32.6. The third-order valence-electron chi connectivity index (χ3n) is 5.06. The molecule has 2 aromatic heterocycles. The molecule has 34 heavy (non-hydrogen) atoms. The van der Waals surface area contributed by atoms with Crippen molar-refractivity contribution in [3.8, 4) is 11.5 Å². The molecule has 2 heterocycles. The molecular weight excluding hydrogens is 452 g/mol. The number of sulfone groups is 1. The fraction of sp³-hybridized carbons (Fsp3) is 0.125. The number of amides is 1. The SMILES string of the molecule is Cc1cc(S(C)(=O)=O)ccc1C(=O)Nc1nc(-c2ccccn2)nc(N(C)c2ccccc2)n1. The molecule has 0 aliphatic heterocycles. The second kappa shape index (κ2) is 9.36. The van der Waals surface area contributed by atoms with E-state index in [0.717, 1.165) is 11.9 Å². The number of carbonyl (C=O) groups is 1. The zero-order chi connectivity index (χ0) is 24.3. The van der Waals surface area contributed by atoms with Crippen molar-refractivity contribution in [2.45, 2.75) is 11.8 Å². The molecule has 0 saturated heterocycles. The minimum atomic E-state index is -3.38. The van der Waals surface area contributed by atoms with E-state index in [1.807, 2.05) is 43.4 Å². The predicted molar refractivity (Wildman–Crippen MR) is 130 cm³/mol. The van der Waals surface area contributed by atoms with Gasteiger partial charge in [0.1, 0.15) is 5.69 Å². The molecule has 0 spiro atoms. The van der Waals surface area contributed by atoms with Crippen molar-refractivity contribution in [2.75, 3.05) is 23.5 Å². The van der Waals surface area contributed by atoms with Gasteiger partial charge in [-0.2, -0.15) is 15.0 Å². The maximum absolute atomic E-state index is 13.0. The van der Waals surface area contributed by atoms with Crippen LogP contribution < -0.4 is 10.2 Å². The third kappa shape index (κ3) is 5.07. The number of para-hydroxylation sites is 1. The molecule has 0 aliphatic rings. The number of aryl methyl sites for hydroxylation is 1. The summed E-state index contributed by atoms with van der Waals surface area (Å²) in [5.41, 5.74) is 2.20. The lowest BCUT2D eigenvalue weighted by atomic mass is 10.1. The fourth-order valence-corrected chi connectivity index (χ4v) is 3.94. The largest absolute Gasteiger partial charge is 0.313 e. The highest BCUT2D eigenvalue weighted by atomic mass is 32.2. The highest BCUT2D eigenvalue weighted by Gasteiger charge is 2.18. The maximum atomic E-state index is 13.0. The van der Waals surface area contributed by atoms with Gasteiger partial charge in [-0.05, 0) is 55.0 Å². The van der Waals surface area contributed by atoms with E-state index in [-0.39, 0.29) is 10.8 Å². The first-order valence-electron chi connectivity index (χ1n) is 10.3. The zero-order valence-electron chi connectivity index (χ0n) is 18.8. The lowest BCUT2D eigenvalue weighted by Crippen LogP contribution is -2.19. The van der Waals surface area contributed by atoms with Crippen molar-refractivity contribution in [1.82, 2.24) is 19.9 Å². The number of nitrogens with zero attached hydrogens (tertiary/aromatic N) is 5. The van der Waals surface area contributed by atoms with Crippen LogP contribution in [0.15, 0.2) is 77.8 Å². The molecule has 172 valence electrons. The van der Waals surface area contributed by atoms with Crippen LogP contribution >= 0.6 is 0 Å². The van der Waals surface area contributed by atoms with E-state index in [1.165, 1.54) is 18.2 Å². The van der Waals surface area contributed by atoms with Crippen LogP contribution in [-0.2, 0) is 9.84 Å². The van der Waals surface area contributed by atoms with Crippen LogP contribution in [0.25, 0.3) is 11.5 Å². The number of rotatable bonds is 6. The van der Waals surface area contributed by atoms with Gasteiger partial charge in [-0.3, -0.25) is 15.1 Å². The highest BCUT2D eigenvalue weighted by Crippen LogP contribution is 2.24. The number of nitrogens with one attached hydrogen (secondary N) is 1. The lowest BCUT2D eigenvalue weighted by Gasteiger charge is -2.18. The number of carbonyl (C=O) groups excluding carboxylic acids is 1. The van der Waals surface area contributed by atoms with Crippen molar-refractivity contribution in [3.05, 3.63) is 84.1 Å². The van der Waals surface area contributed by atoms with Crippen molar-refractivity contribution < 1.29 is 13.2 Å². The van der Waals surface area contributed by atoms with E-state index >= 15 is 0 Å². The summed E-state index contributed by atoms with van der Waals surface area (Å²) in [5.74, 6) is 0.197. The van der Waals surface area contributed by atoms with Crippen molar-refractivity contribution >= 4 is 33.3 Å². The Hall–Kier alpha value is -4.18. The molecule has 10 heteroatoms. The first kappa shape index (κ1) is 23.0. The van der Waals surface area contributed by atoms with Gasteiger partial charge >= 0.3 is 0 Å². The Bertz CT molecular complexity index is 1440. The molecule has 1 N–H and O–H groups in total. The van der Waals surface area contributed by atoms with Gasteiger partial charge in [-0.1, -0.05) is 24.3 Å². The van der Waals surface area contributed by atoms with Gasteiger partial charge in [0.25, 0.3) is 5.91 Å². The second-order valence-electron chi connectivity index (χ2n) is 7.60. The quantitative estimate of drug-likeness (QED) is 0.450. The molecule has 0 bridgehead atoms. The molecule has 9 nitrogen and oxygen atoms in total. The van der Waals surface area contributed by atoms with Crippen LogP contribution in [-0.4, -0.2) is 47.6 Å². The van der Waals surface area contributed by atoms with E-state index in [1.54, 1.807) is 30.2 Å². The Kier molecular flexibility index (Phi) is 6.33. The number of hydrogen-bond donors (Lipinski definition) is 1. The minimum absolute atomic E-state index is 0.0463. The molecule has 0 radical (unpaired) electrons. The Morgan fingerprint density at radius 3 is 2.32 bits per heavy atom.